The van der Waals surface area contributed by atoms with E-state index in [0.29, 0.717) is 0 Å². The van der Waals surface area contributed by atoms with Gasteiger partial charge in [-0.1, -0.05) is 67.6 Å². The average Bonchev–Trinajstić information content (AvgIpc) is 2.56. The van der Waals surface area contributed by atoms with Crippen LogP contribution in [0.5, 0.6) is 0 Å². The number of benzene rings is 2. The van der Waals surface area contributed by atoms with Crippen molar-refractivity contribution in [1.82, 2.24) is 0 Å². The first-order valence-corrected chi connectivity index (χ1v) is 8.33. The standard InChI is InChI=1S/C18H17NS/c1-2-20-13-17(15-9-5-3-6-10-15)19-18(14-20)16-11-7-4-8-12-16/h3-14H,2H2,1H3. The average molecular weight is 279 g/mol. The molecule has 0 saturated carbocycles. The molecule has 0 aromatic heterocycles. The van der Waals surface area contributed by atoms with Gasteiger partial charge in [-0.3, -0.25) is 0 Å². The van der Waals surface area contributed by atoms with Gasteiger partial charge in [0.05, 0.1) is 11.4 Å². The summed E-state index contributed by atoms with van der Waals surface area (Å²) in [5.41, 5.74) is 4.58. The van der Waals surface area contributed by atoms with E-state index in [1.807, 2.05) is 12.1 Å². The van der Waals surface area contributed by atoms with E-state index in [0.717, 1.165) is 17.2 Å². The molecule has 1 nitrogen and oxygen atoms in total. The van der Waals surface area contributed by atoms with Crippen LogP contribution in [0.2, 0.25) is 0 Å². The van der Waals surface area contributed by atoms with E-state index < -0.39 is 0 Å². The molecule has 0 N–H and O–H groups in total. The van der Waals surface area contributed by atoms with Crippen molar-refractivity contribution in [2.24, 2.45) is 4.99 Å². The molecule has 3 rings (SSSR count). The Labute approximate surface area is 122 Å². The van der Waals surface area contributed by atoms with Gasteiger partial charge in [0.2, 0.25) is 0 Å². The van der Waals surface area contributed by atoms with E-state index in [9.17, 15) is 0 Å². The van der Waals surface area contributed by atoms with Crippen LogP contribution >= 0.6 is 10.5 Å². The summed E-state index contributed by atoms with van der Waals surface area (Å²) in [6.45, 7) is 2.23. The van der Waals surface area contributed by atoms with Crippen molar-refractivity contribution in [2.45, 2.75) is 6.92 Å². The lowest BCUT2D eigenvalue weighted by Gasteiger charge is -2.14. The molecule has 0 spiro atoms. The molecule has 1 atom stereocenters. The van der Waals surface area contributed by atoms with Crippen molar-refractivity contribution < 1.29 is 0 Å². The lowest BCUT2D eigenvalue weighted by Crippen LogP contribution is -2.06. The molecule has 0 fully saturated rings. The normalized spacial score (nSPS) is 17.9. The molecule has 1 aliphatic heterocycles. The Morgan fingerprint density at radius 1 is 0.850 bits per heavy atom. The third-order valence-electron chi connectivity index (χ3n) is 3.24. The molecule has 0 amide bonds. The number of hydrogen-bond donors (Lipinski definition) is 0. The number of rotatable bonds is 3. The lowest BCUT2D eigenvalue weighted by molar-refractivity contribution is 1.49. The number of hydrogen-bond acceptors (Lipinski definition) is 1. The zero-order valence-electron chi connectivity index (χ0n) is 11.5. The van der Waals surface area contributed by atoms with Crippen LogP contribution in [0.3, 0.4) is 0 Å². The molecule has 0 aliphatic carbocycles. The van der Waals surface area contributed by atoms with Crippen LogP contribution in [0.4, 0.5) is 0 Å². The minimum Gasteiger partial charge on any atom is -0.247 e. The highest BCUT2D eigenvalue weighted by Gasteiger charge is 2.09. The third kappa shape index (κ3) is 2.81. The van der Waals surface area contributed by atoms with E-state index in [2.05, 4.69) is 66.2 Å². The quantitative estimate of drug-likeness (QED) is 0.729. The molecule has 1 unspecified atom stereocenters. The second kappa shape index (κ2) is 6.02. The van der Waals surface area contributed by atoms with E-state index in [1.165, 1.54) is 11.1 Å². The first-order chi connectivity index (χ1) is 9.86. The Morgan fingerprint density at radius 2 is 1.45 bits per heavy atom. The Morgan fingerprint density at radius 3 is 2.05 bits per heavy atom. The van der Waals surface area contributed by atoms with Gasteiger partial charge in [-0.25, -0.2) is 4.99 Å². The minimum absolute atomic E-state index is 0.169. The number of nitrogens with zero attached hydrogens (tertiary/aromatic N) is 1. The summed E-state index contributed by atoms with van der Waals surface area (Å²) < 4.78 is 0. The smallest absolute Gasteiger partial charge is 0.0767 e. The van der Waals surface area contributed by atoms with Crippen molar-refractivity contribution in [1.29, 1.82) is 0 Å². The van der Waals surface area contributed by atoms with Gasteiger partial charge in [-0.2, -0.15) is 10.5 Å². The fourth-order valence-corrected chi connectivity index (χ4v) is 3.51. The Bertz CT molecular complexity index is 642. The van der Waals surface area contributed by atoms with Crippen LogP contribution in [0.25, 0.3) is 5.70 Å². The monoisotopic (exact) mass is 279 g/mol. The van der Waals surface area contributed by atoms with Crippen LogP contribution in [0.1, 0.15) is 18.1 Å². The van der Waals surface area contributed by atoms with Crippen molar-refractivity contribution in [2.75, 3.05) is 5.75 Å². The number of aliphatic imine (C=N–C) groups is 1. The summed E-state index contributed by atoms with van der Waals surface area (Å²) in [7, 11) is 0.169. The van der Waals surface area contributed by atoms with Gasteiger partial charge in [0.25, 0.3) is 0 Å². The Balaban J connectivity index is 2.06. The van der Waals surface area contributed by atoms with Gasteiger partial charge >= 0.3 is 0 Å². The maximum absolute atomic E-state index is 4.85. The van der Waals surface area contributed by atoms with Gasteiger partial charge in [0, 0.05) is 11.1 Å². The van der Waals surface area contributed by atoms with Gasteiger partial charge in [0.15, 0.2) is 0 Å². The van der Waals surface area contributed by atoms with Gasteiger partial charge in [-0.15, -0.1) is 0 Å². The third-order valence-corrected chi connectivity index (χ3v) is 4.96. The van der Waals surface area contributed by atoms with E-state index >= 15 is 0 Å². The SMILES string of the molecule is CCS1=CC(c2ccccc2)=NC(c2ccccc2)=C1. The molecular weight excluding hydrogens is 262 g/mol. The zero-order chi connectivity index (χ0) is 13.8. The summed E-state index contributed by atoms with van der Waals surface area (Å²) in [5, 5.41) is 4.59. The summed E-state index contributed by atoms with van der Waals surface area (Å²) in [5.74, 6) is 1.13. The minimum atomic E-state index is 0.169. The Kier molecular flexibility index (Phi) is 3.93. The predicted molar refractivity (Wildman–Crippen MR) is 91.6 cm³/mol. The van der Waals surface area contributed by atoms with Crippen molar-refractivity contribution in [3.05, 3.63) is 77.2 Å². The molecule has 0 bridgehead atoms. The van der Waals surface area contributed by atoms with Crippen LogP contribution in [0, 0.1) is 0 Å². The first-order valence-electron chi connectivity index (χ1n) is 6.81. The lowest BCUT2D eigenvalue weighted by atomic mass is 10.1. The molecule has 0 saturated heterocycles. The first kappa shape index (κ1) is 13.1. The molecular formula is C18H17NS. The highest BCUT2D eigenvalue weighted by Crippen LogP contribution is 2.28. The molecule has 100 valence electrons. The zero-order valence-corrected chi connectivity index (χ0v) is 12.3. The summed E-state index contributed by atoms with van der Waals surface area (Å²) in [6.07, 6.45) is 0. The molecule has 2 heteroatoms. The van der Waals surface area contributed by atoms with Crippen LogP contribution in [-0.2, 0) is 0 Å². The van der Waals surface area contributed by atoms with Gasteiger partial charge in [-0.05, 0) is 16.5 Å². The van der Waals surface area contributed by atoms with Crippen molar-refractivity contribution in [3.8, 4) is 0 Å². The van der Waals surface area contributed by atoms with Crippen LogP contribution in [-0.4, -0.2) is 16.8 Å². The Hall–Kier alpha value is -1.93. The summed E-state index contributed by atoms with van der Waals surface area (Å²) in [4.78, 5) is 4.85. The van der Waals surface area contributed by atoms with Crippen molar-refractivity contribution in [3.63, 3.8) is 0 Å². The molecule has 2 aromatic carbocycles. The van der Waals surface area contributed by atoms with E-state index in [4.69, 9.17) is 4.99 Å². The highest BCUT2D eigenvalue weighted by atomic mass is 32.2. The second-order valence-electron chi connectivity index (χ2n) is 4.61. The van der Waals surface area contributed by atoms with Gasteiger partial charge < -0.3 is 0 Å². The van der Waals surface area contributed by atoms with E-state index in [-0.39, 0.29) is 10.5 Å². The molecule has 20 heavy (non-hydrogen) atoms. The van der Waals surface area contributed by atoms with Crippen LogP contribution < -0.4 is 0 Å². The molecule has 2 aromatic rings. The fraction of sp³-hybridized carbons (Fsp3) is 0.111. The van der Waals surface area contributed by atoms with E-state index in [1.54, 1.807) is 0 Å². The topological polar surface area (TPSA) is 12.4 Å². The van der Waals surface area contributed by atoms with Crippen molar-refractivity contribution >= 4 is 27.3 Å². The van der Waals surface area contributed by atoms with Gasteiger partial charge in [0.1, 0.15) is 0 Å². The largest absolute Gasteiger partial charge is 0.247 e. The highest BCUT2D eigenvalue weighted by molar-refractivity contribution is 8.18. The molecule has 1 aliphatic rings. The fourth-order valence-electron chi connectivity index (χ4n) is 2.15. The predicted octanol–water partition coefficient (Wildman–Crippen LogP) is 4.58. The van der Waals surface area contributed by atoms with Crippen LogP contribution in [0.15, 0.2) is 71.1 Å². The molecule has 0 radical (unpaired) electrons. The summed E-state index contributed by atoms with van der Waals surface area (Å²) in [6, 6.07) is 20.8. The summed E-state index contributed by atoms with van der Waals surface area (Å²) >= 11 is 0. The second-order valence-corrected chi connectivity index (χ2v) is 6.60. The molecule has 1 heterocycles. The maximum atomic E-state index is 4.85. The maximum Gasteiger partial charge on any atom is 0.0767 e.